The lowest BCUT2D eigenvalue weighted by Gasteiger charge is -2.36. The van der Waals surface area contributed by atoms with Crippen molar-refractivity contribution in [3.8, 4) is 11.5 Å². The highest BCUT2D eigenvalue weighted by Crippen LogP contribution is 2.55. The topological polar surface area (TPSA) is 77.1 Å². The lowest BCUT2D eigenvalue weighted by molar-refractivity contribution is -0.142. The van der Waals surface area contributed by atoms with Crippen molar-refractivity contribution in [3.05, 3.63) is 24.3 Å². The zero-order valence-corrected chi connectivity index (χ0v) is 18.5. The van der Waals surface area contributed by atoms with Crippen LogP contribution in [0.3, 0.4) is 0 Å². The number of nitrogens with one attached hydrogen (secondary N) is 1. The molecule has 1 aromatic carbocycles. The van der Waals surface area contributed by atoms with Crippen molar-refractivity contribution in [2.45, 2.75) is 32.9 Å². The Hall–Kier alpha value is -1.28. The first kappa shape index (κ1) is 22.0. The number of ether oxygens (including phenoxy) is 2. The molecule has 27 heavy (non-hydrogen) atoms. The Kier molecular flexibility index (Phi) is 7.56. The lowest BCUT2D eigenvalue weighted by atomic mass is 10.1. The zero-order chi connectivity index (χ0) is 20.2. The first-order valence-corrected chi connectivity index (χ1v) is 11.5. The van der Waals surface area contributed by atoms with Crippen LogP contribution in [0.1, 0.15) is 20.8 Å². The second-order valence-electron chi connectivity index (χ2n) is 6.37. The minimum atomic E-state index is -3.78. The molecule has 0 saturated carbocycles. The van der Waals surface area contributed by atoms with Gasteiger partial charge in [0, 0.05) is 5.75 Å². The number of carbonyl (C=O) groups excluding carboxylic acids is 1. The van der Waals surface area contributed by atoms with Crippen LogP contribution in [0.5, 0.6) is 11.5 Å². The molecule has 3 atom stereocenters. The van der Waals surface area contributed by atoms with E-state index >= 15 is 0 Å². The van der Waals surface area contributed by atoms with Gasteiger partial charge < -0.3 is 14.0 Å². The van der Waals surface area contributed by atoms with E-state index in [0.717, 1.165) is 0 Å². The summed E-state index contributed by atoms with van der Waals surface area (Å²) in [4.78, 5) is 11.9. The Morgan fingerprint density at radius 1 is 1.30 bits per heavy atom. The van der Waals surface area contributed by atoms with Crippen LogP contribution in [-0.4, -0.2) is 47.0 Å². The van der Waals surface area contributed by atoms with Gasteiger partial charge in [-0.3, -0.25) is 9.46 Å². The van der Waals surface area contributed by atoms with Gasteiger partial charge in [0.25, 0.3) is 0 Å². The molecular formula is C17H25N2O5PS2. The molecule has 0 spiro atoms. The fourth-order valence-corrected chi connectivity index (χ4v) is 7.25. The number of nitrogens with zero attached hydrogens (tertiary/aromatic N) is 1. The quantitative estimate of drug-likeness (QED) is 0.376. The van der Waals surface area contributed by atoms with Crippen LogP contribution in [-0.2, 0) is 14.1 Å². The molecule has 0 aliphatic carbocycles. The first-order chi connectivity index (χ1) is 12.7. The van der Waals surface area contributed by atoms with Crippen molar-refractivity contribution in [1.82, 2.24) is 9.76 Å². The Morgan fingerprint density at radius 3 is 2.48 bits per heavy atom. The van der Waals surface area contributed by atoms with Gasteiger partial charge in [0.05, 0.1) is 20.3 Å². The first-order valence-electron chi connectivity index (χ1n) is 8.48. The minimum absolute atomic E-state index is 0.0969. The fourth-order valence-electron chi connectivity index (χ4n) is 2.64. The summed E-state index contributed by atoms with van der Waals surface area (Å²) in [6.07, 6.45) is 0. The summed E-state index contributed by atoms with van der Waals surface area (Å²) in [5, 5.41) is 2.83. The Labute approximate surface area is 169 Å². The fraction of sp³-hybridized carbons (Fsp3) is 0.529. The molecule has 0 aromatic heterocycles. The molecule has 2 rings (SSSR count). The van der Waals surface area contributed by atoms with E-state index < -0.39 is 19.7 Å². The van der Waals surface area contributed by atoms with Crippen LogP contribution < -0.4 is 14.3 Å². The molecule has 1 aliphatic heterocycles. The number of hydrogen-bond acceptors (Lipinski definition) is 7. The summed E-state index contributed by atoms with van der Waals surface area (Å²) in [5.41, 5.74) is 0. The predicted molar refractivity (Wildman–Crippen MR) is 111 cm³/mol. The second-order valence-corrected chi connectivity index (χ2v) is 9.94. The number of hydrogen-bond donors (Lipinski definition) is 1. The van der Waals surface area contributed by atoms with Crippen LogP contribution in [0, 0.1) is 5.92 Å². The van der Waals surface area contributed by atoms with E-state index in [4.69, 9.17) is 26.2 Å². The molecule has 10 heteroatoms. The van der Waals surface area contributed by atoms with Gasteiger partial charge in [0.2, 0.25) is 0 Å². The average molecular weight is 433 g/mol. The number of esters is 1. The van der Waals surface area contributed by atoms with Gasteiger partial charge in [-0.25, -0.2) is 9.65 Å². The average Bonchev–Trinajstić information content (AvgIpc) is 3.04. The number of methoxy groups -OCH3 is 2. The van der Waals surface area contributed by atoms with Gasteiger partial charge in [-0.15, -0.1) is 0 Å². The normalized spacial score (nSPS) is 20.3. The molecule has 1 saturated heterocycles. The standard InChI is InChI=1S/C17H25N2O5PS2/c1-11(2)13-10-27-17(26)19(13)25(21,18-12(3)16(20)23-5)24-15-9-7-6-8-14(15)22-4/h6-9,11-13H,10H2,1-5H3,(H,18,21)/t12-,13+,25+/m0/s1. The predicted octanol–water partition coefficient (Wildman–Crippen LogP) is 3.69. The molecule has 1 aliphatic rings. The smallest absolute Gasteiger partial charge is 0.422 e. The van der Waals surface area contributed by atoms with Crippen molar-refractivity contribution in [2.24, 2.45) is 5.92 Å². The van der Waals surface area contributed by atoms with Crippen molar-refractivity contribution in [1.29, 1.82) is 0 Å². The van der Waals surface area contributed by atoms with E-state index in [9.17, 15) is 9.36 Å². The maximum absolute atomic E-state index is 14.0. The summed E-state index contributed by atoms with van der Waals surface area (Å²) in [7, 11) is -0.995. The zero-order valence-electron chi connectivity index (χ0n) is 16.0. The highest BCUT2D eigenvalue weighted by molar-refractivity contribution is 8.23. The molecule has 0 bridgehead atoms. The molecule has 7 nitrogen and oxygen atoms in total. The molecule has 0 radical (unpaired) electrons. The van der Waals surface area contributed by atoms with Crippen LogP contribution in [0.15, 0.2) is 24.3 Å². The van der Waals surface area contributed by atoms with Crippen molar-refractivity contribution in [2.75, 3.05) is 20.0 Å². The largest absolute Gasteiger partial charge is 0.493 e. The molecule has 1 fully saturated rings. The minimum Gasteiger partial charge on any atom is -0.493 e. The summed E-state index contributed by atoms with van der Waals surface area (Å²) < 4.78 is 32.1. The van der Waals surface area contributed by atoms with Crippen molar-refractivity contribution in [3.63, 3.8) is 0 Å². The van der Waals surface area contributed by atoms with E-state index in [2.05, 4.69) is 5.09 Å². The van der Waals surface area contributed by atoms with Crippen LogP contribution >= 0.6 is 31.7 Å². The van der Waals surface area contributed by atoms with Gasteiger partial charge in [-0.1, -0.05) is 50.0 Å². The van der Waals surface area contributed by atoms with Crippen LogP contribution in [0.25, 0.3) is 0 Å². The lowest BCUT2D eigenvalue weighted by Crippen LogP contribution is -2.44. The van der Waals surface area contributed by atoms with Gasteiger partial charge in [-0.05, 0) is 25.0 Å². The van der Waals surface area contributed by atoms with Gasteiger partial charge in [0.15, 0.2) is 11.5 Å². The third kappa shape index (κ3) is 4.96. The van der Waals surface area contributed by atoms with E-state index in [1.807, 2.05) is 13.8 Å². The number of benzene rings is 1. The Bertz CT molecular complexity index is 746. The molecular weight excluding hydrogens is 407 g/mol. The molecule has 1 heterocycles. The van der Waals surface area contributed by atoms with Gasteiger partial charge >= 0.3 is 13.6 Å². The van der Waals surface area contributed by atoms with E-state index in [0.29, 0.717) is 21.6 Å². The molecule has 0 unspecified atom stereocenters. The third-order valence-electron chi connectivity index (χ3n) is 4.13. The summed E-state index contributed by atoms with van der Waals surface area (Å²) in [5.74, 6) is 1.07. The van der Waals surface area contributed by atoms with Gasteiger partial charge in [-0.2, -0.15) is 0 Å². The second kappa shape index (κ2) is 9.28. The van der Waals surface area contributed by atoms with Crippen molar-refractivity contribution >= 4 is 41.9 Å². The van der Waals surface area contributed by atoms with E-state index in [1.54, 1.807) is 35.9 Å². The number of thioether (sulfide) groups is 1. The molecule has 0 amide bonds. The molecule has 1 N–H and O–H groups in total. The highest BCUT2D eigenvalue weighted by atomic mass is 32.2. The van der Waals surface area contributed by atoms with E-state index in [-0.39, 0.29) is 12.0 Å². The number of para-hydroxylation sites is 2. The summed E-state index contributed by atoms with van der Waals surface area (Å²) in [6.45, 7) is 5.63. The van der Waals surface area contributed by atoms with Crippen LogP contribution in [0.4, 0.5) is 0 Å². The summed E-state index contributed by atoms with van der Waals surface area (Å²) in [6, 6.07) is 5.96. The maximum atomic E-state index is 14.0. The third-order valence-corrected chi connectivity index (χ3v) is 8.13. The summed E-state index contributed by atoms with van der Waals surface area (Å²) >= 11 is 6.91. The van der Waals surface area contributed by atoms with Gasteiger partial charge in [0.1, 0.15) is 10.4 Å². The highest BCUT2D eigenvalue weighted by Gasteiger charge is 2.47. The van der Waals surface area contributed by atoms with E-state index in [1.165, 1.54) is 26.0 Å². The Morgan fingerprint density at radius 2 is 1.93 bits per heavy atom. The maximum Gasteiger partial charge on any atom is 0.422 e. The van der Waals surface area contributed by atoms with Crippen molar-refractivity contribution < 1.29 is 23.4 Å². The molecule has 1 aromatic rings. The number of rotatable bonds is 8. The SMILES string of the molecule is COC(=O)[C@H](C)N[P@@](=O)(Oc1ccccc1OC)N1C(=S)SC[C@@H]1C(C)C. The Balaban J connectivity index is 2.46. The number of carbonyl (C=O) groups is 1. The number of thiocarbonyl (C=S) groups is 1. The monoisotopic (exact) mass is 432 g/mol. The molecule has 150 valence electrons. The van der Waals surface area contributed by atoms with Crippen LogP contribution in [0.2, 0.25) is 0 Å².